The Labute approximate surface area is 269 Å². The molecule has 0 spiro atoms. The second-order valence-corrected chi connectivity index (χ2v) is 9.50. The molecule has 0 aliphatic carbocycles. The van der Waals surface area contributed by atoms with Crippen molar-refractivity contribution in [3.8, 4) is 0 Å². The van der Waals surface area contributed by atoms with E-state index in [0.717, 1.165) is 12.4 Å². The number of ether oxygens (including phenoxy) is 2. The number of carboxylic acid groups (broad SMARTS) is 2. The summed E-state index contributed by atoms with van der Waals surface area (Å²) in [4.78, 5) is 78.5. The topological polar surface area (TPSA) is 256 Å². The molecule has 0 aliphatic heterocycles. The summed E-state index contributed by atoms with van der Waals surface area (Å²) < 4.78 is 13.0. The molecule has 2 heterocycles. The number of hydrogen-bond acceptors (Lipinski definition) is 14. The average molecular weight is 725 g/mol. The number of carbonyl (C=O) groups excluding carboxylic acids is 2. The van der Waals surface area contributed by atoms with E-state index < -0.39 is 59.9 Å². The van der Waals surface area contributed by atoms with Crippen molar-refractivity contribution in [3.63, 3.8) is 0 Å². The van der Waals surface area contributed by atoms with Crippen molar-refractivity contribution in [2.45, 2.75) is 39.8 Å². The van der Waals surface area contributed by atoms with Gasteiger partial charge in [-0.15, -0.1) is 0 Å². The molecule has 2 N–H and O–H groups in total. The molecule has 0 saturated heterocycles. The van der Waals surface area contributed by atoms with Gasteiger partial charge in [0.05, 0.1) is 52.5 Å². The Balaban J connectivity index is 0.0000101. The van der Waals surface area contributed by atoms with Crippen LogP contribution in [0.1, 0.15) is 24.5 Å². The zero-order chi connectivity index (χ0) is 32.8. The standard InChI is InChI=1S/C24H34N8O12.Tc/c1-17-25-11-19(31(39)40)29(17)5-3-9-43-23(37)15-27(13-21(33)34)7-8-28(14-22(35)36)16-24(38)44-10-4-6-30-18(2)26-12-20(30)32(41)42;/h11-12H,3-10,13-16H2,1-2H3,(H,33,34)(H,35,36);/q;+7/i;1+1. The minimum absolute atomic E-state index is 0. The van der Waals surface area contributed by atoms with E-state index in [4.69, 9.17) is 9.47 Å². The molecule has 0 aliphatic rings. The Morgan fingerprint density at radius 3 is 1.42 bits per heavy atom. The van der Waals surface area contributed by atoms with Crippen LogP contribution in [-0.2, 0) is 61.8 Å². The normalized spacial score (nSPS) is 10.8. The van der Waals surface area contributed by atoms with Crippen LogP contribution in [0.15, 0.2) is 12.4 Å². The monoisotopic (exact) mass is 725 g/mol. The van der Waals surface area contributed by atoms with Gasteiger partial charge >= 0.3 is 55.6 Å². The van der Waals surface area contributed by atoms with Crippen LogP contribution in [0.2, 0.25) is 0 Å². The molecule has 242 valence electrons. The predicted octanol–water partition coefficient (Wildman–Crippen LogP) is -0.150. The molecule has 0 fully saturated rings. The van der Waals surface area contributed by atoms with Crippen LogP contribution >= 0.6 is 0 Å². The van der Waals surface area contributed by atoms with E-state index in [9.17, 15) is 49.6 Å². The van der Waals surface area contributed by atoms with Crippen molar-refractivity contribution in [2.24, 2.45) is 0 Å². The molecule has 20 nitrogen and oxygen atoms in total. The average Bonchev–Trinajstić information content (AvgIpc) is 3.48. The second-order valence-electron chi connectivity index (χ2n) is 9.50. The summed E-state index contributed by atoms with van der Waals surface area (Å²) in [6.07, 6.45) is 2.71. The first-order chi connectivity index (χ1) is 20.8. The van der Waals surface area contributed by atoms with Crippen molar-refractivity contribution >= 4 is 35.5 Å². The number of rotatable bonds is 21. The van der Waals surface area contributed by atoms with Gasteiger partial charge in [0.25, 0.3) is 0 Å². The fourth-order valence-electron chi connectivity index (χ4n) is 4.12. The van der Waals surface area contributed by atoms with Gasteiger partial charge in [-0.25, -0.2) is 19.1 Å². The number of aromatic nitrogens is 4. The summed E-state index contributed by atoms with van der Waals surface area (Å²) in [6.45, 7) is 1.09. The Bertz CT molecular complexity index is 1250. The molecule has 0 atom stereocenters. The molecule has 0 aromatic carbocycles. The molecule has 2 rings (SSSR count). The van der Waals surface area contributed by atoms with E-state index in [1.807, 2.05) is 0 Å². The van der Waals surface area contributed by atoms with Gasteiger partial charge in [0, 0.05) is 39.8 Å². The van der Waals surface area contributed by atoms with Crippen molar-refractivity contribution in [1.82, 2.24) is 28.9 Å². The van der Waals surface area contributed by atoms with Crippen LogP contribution in [0.3, 0.4) is 0 Å². The maximum absolute atomic E-state index is 12.3. The van der Waals surface area contributed by atoms with Crippen LogP contribution in [0.4, 0.5) is 11.6 Å². The van der Waals surface area contributed by atoms with Gasteiger partial charge in [0.15, 0.2) is 11.6 Å². The zero-order valence-corrected chi connectivity index (χ0v) is 26.4. The Morgan fingerprint density at radius 1 is 0.756 bits per heavy atom. The third-order valence-corrected chi connectivity index (χ3v) is 6.18. The van der Waals surface area contributed by atoms with Crippen LogP contribution in [0, 0.1) is 34.1 Å². The smallest absolute Gasteiger partial charge is 0.480 e. The molecule has 0 radical (unpaired) electrons. The Morgan fingerprint density at radius 2 is 1.11 bits per heavy atom. The summed E-state index contributed by atoms with van der Waals surface area (Å²) in [5.41, 5.74) is 0. The molecule has 2 aromatic rings. The SMILES string of the molecule is Cc1ncc([N+](=O)[O-])n1CCCOC(=O)CN(CCN(CC(=O)O)CC(=O)OCCCn1c([N+](=O)[O-])cnc1C)CC(=O)O.[99Tc+7]. The first-order valence-electron chi connectivity index (χ1n) is 13.3. The van der Waals surface area contributed by atoms with Crippen molar-refractivity contribution in [3.05, 3.63) is 44.3 Å². The molecule has 0 saturated carbocycles. The van der Waals surface area contributed by atoms with Crippen LogP contribution in [-0.4, -0.2) is 125 Å². The third-order valence-electron chi connectivity index (χ3n) is 6.18. The quantitative estimate of drug-likeness (QED) is 0.0734. The summed E-state index contributed by atoms with van der Waals surface area (Å²) in [6, 6.07) is 0. The van der Waals surface area contributed by atoms with E-state index >= 15 is 0 Å². The van der Waals surface area contributed by atoms with Crippen LogP contribution < -0.4 is 0 Å². The molecular weight excluding hydrogens is 691 g/mol. The van der Waals surface area contributed by atoms with Gasteiger partial charge < -0.3 is 39.9 Å². The van der Waals surface area contributed by atoms with E-state index in [2.05, 4.69) is 9.97 Å². The molecular formula is C24H34N8O12Tc+7. The van der Waals surface area contributed by atoms with Gasteiger partial charge in [0.1, 0.15) is 12.4 Å². The van der Waals surface area contributed by atoms with Crippen LogP contribution in [0.25, 0.3) is 0 Å². The largest absolute Gasteiger partial charge is 7.00 e. The zero-order valence-electron chi connectivity index (χ0n) is 24.6. The van der Waals surface area contributed by atoms with E-state index in [-0.39, 0.29) is 84.0 Å². The molecule has 0 unspecified atom stereocenters. The molecule has 21 heteroatoms. The number of hydrogen-bond donors (Lipinski definition) is 2. The summed E-state index contributed by atoms with van der Waals surface area (Å²) in [7, 11) is 0. The summed E-state index contributed by atoms with van der Waals surface area (Å²) in [5, 5.41) is 40.6. The van der Waals surface area contributed by atoms with E-state index in [1.165, 1.54) is 18.9 Å². The number of aryl methyl sites for hydroxylation is 2. The number of nitrogens with zero attached hydrogens (tertiary/aromatic N) is 8. The summed E-state index contributed by atoms with van der Waals surface area (Å²) in [5.74, 6) is -3.60. The predicted molar refractivity (Wildman–Crippen MR) is 147 cm³/mol. The van der Waals surface area contributed by atoms with Gasteiger partial charge in [0.2, 0.25) is 0 Å². The van der Waals surface area contributed by atoms with Gasteiger partial charge in [-0.2, -0.15) is 0 Å². The second kappa shape index (κ2) is 19.1. The first-order valence-corrected chi connectivity index (χ1v) is 13.3. The molecule has 45 heavy (non-hydrogen) atoms. The number of esters is 2. The Hall–Kier alpha value is -4.33. The summed E-state index contributed by atoms with van der Waals surface area (Å²) >= 11 is 0. The van der Waals surface area contributed by atoms with Crippen molar-refractivity contribution < 1.29 is 68.8 Å². The molecule has 2 aromatic heterocycles. The fourth-order valence-corrected chi connectivity index (χ4v) is 4.12. The number of aliphatic carboxylic acids is 2. The minimum Gasteiger partial charge on any atom is -0.480 e. The number of carboxylic acids is 2. The maximum atomic E-state index is 12.3. The molecule has 0 amide bonds. The van der Waals surface area contributed by atoms with Gasteiger partial charge in [-0.05, 0) is 9.85 Å². The van der Waals surface area contributed by atoms with Gasteiger partial charge in [-0.1, -0.05) is 0 Å². The maximum Gasteiger partial charge on any atom is 7.00 e. The van der Waals surface area contributed by atoms with Crippen molar-refractivity contribution in [2.75, 3.05) is 52.5 Å². The number of imidazole rings is 2. The van der Waals surface area contributed by atoms with E-state index in [1.54, 1.807) is 13.8 Å². The van der Waals surface area contributed by atoms with Crippen molar-refractivity contribution in [1.29, 1.82) is 0 Å². The molecule has 0 bridgehead atoms. The number of nitro groups is 2. The Kier molecular flexibility index (Phi) is 16.5. The van der Waals surface area contributed by atoms with E-state index in [0.29, 0.717) is 11.6 Å². The number of carbonyl (C=O) groups is 4. The van der Waals surface area contributed by atoms with Gasteiger partial charge in [-0.3, -0.25) is 29.0 Å². The first kappa shape index (κ1) is 38.7. The third kappa shape index (κ3) is 13.5. The fraction of sp³-hybridized carbons (Fsp3) is 0.583. The van der Waals surface area contributed by atoms with Crippen LogP contribution in [0.5, 0.6) is 0 Å². The minimum atomic E-state index is -1.25.